The van der Waals surface area contributed by atoms with Gasteiger partial charge in [-0.15, -0.1) is 0 Å². The Morgan fingerprint density at radius 2 is 1.58 bits per heavy atom. The first-order valence-electron chi connectivity index (χ1n) is 7.80. The quantitative estimate of drug-likeness (QED) is 0.535. The maximum atomic E-state index is 12.7. The first kappa shape index (κ1) is 17.6. The number of nitrogens with one attached hydrogen (secondary N) is 1. The molecule has 0 aliphatic heterocycles. The van der Waals surface area contributed by atoms with Gasteiger partial charge in [0.1, 0.15) is 0 Å². The summed E-state index contributed by atoms with van der Waals surface area (Å²) in [5.74, 6) is 0. The van der Waals surface area contributed by atoms with E-state index in [1.807, 2.05) is 13.0 Å². The van der Waals surface area contributed by atoms with Crippen molar-refractivity contribution >= 4 is 21.4 Å². The number of hydrogen-bond donors (Lipinski definition) is 1. The van der Waals surface area contributed by atoms with Gasteiger partial charge in [-0.3, -0.25) is 14.8 Å². The van der Waals surface area contributed by atoms with Gasteiger partial charge in [-0.2, -0.15) is 0 Å². The molecule has 0 aromatic heterocycles. The SMILES string of the molecule is Cc1ccc(S(=O)(=O)Nc2ccc([N+](=O)[O-])cc2-c2ccccc2)cc1. The highest BCUT2D eigenvalue weighted by Gasteiger charge is 2.19. The highest BCUT2D eigenvalue weighted by Crippen LogP contribution is 2.33. The van der Waals surface area contributed by atoms with Crippen LogP contribution in [0.1, 0.15) is 5.56 Å². The molecule has 0 heterocycles. The molecule has 0 spiro atoms. The summed E-state index contributed by atoms with van der Waals surface area (Å²) in [5.41, 5.74) is 2.24. The number of aryl methyl sites for hydroxylation is 1. The summed E-state index contributed by atoms with van der Waals surface area (Å²) in [6, 6.07) is 19.4. The van der Waals surface area contributed by atoms with Crippen molar-refractivity contribution in [2.45, 2.75) is 11.8 Å². The molecular formula is C19H16N2O4S. The second-order valence-corrected chi connectivity index (χ2v) is 7.45. The lowest BCUT2D eigenvalue weighted by atomic mass is 10.0. The lowest BCUT2D eigenvalue weighted by Gasteiger charge is -2.13. The Labute approximate surface area is 151 Å². The van der Waals surface area contributed by atoms with Gasteiger partial charge in [0.25, 0.3) is 15.7 Å². The van der Waals surface area contributed by atoms with Gasteiger partial charge in [0, 0.05) is 17.7 Å². The number of nitrogens with zero attached hydrogens (tertiary/aromatic N) is 1. The number of benzene rings is 3. The van der Waals surface area contributed by atoms with Crippen LogP contribution >= 0.6 is 0 Å². The molecule has 0 unspecified atom stereocenters. The molecule has 3 rings (SSSR count). The fourth-order valence-electron chi connectivity index (χ4n) is 2.51. The van der Waals surface area contributed by atoms with Crippen LogP contribution in [0, 0.1) is 17.0 Å². The molecule has 0 atom stereocenters. The summed E-state index contributed by atoms with van der Waals surface area (Å²) in [7, 11) is -3.81. The van der Waals surface area contributed by atoms with Crippen LogP contribution in [-0.4, -0.2) is 13.3 Å². The number of rotatable bonds is 5. The molecule has 0 radical (unpaired) electrons. The maximum absolute atomic E-state index is 12.7. The van der Waals surface area contributed by atoms with E-state index < -0.39 is 14.9 Å². The molecule has 0 aliphatic rings. The molecule has 6 nitrogen and oxygen atoms in total. The normalized spacial score (nSPS) is 11.1. The summed E-state index contributed by atoms with van der Waals surface area (Å²) in [4.78, 5) is 10.7. The predicted octanol–water partition coefficient (Wildman–Crippen LogP) is 4.37. The minimum Gasteiger partial charge on any atom is -0.279 e. The van der Waals surface area contributed by atoms with Gasteiger partial charge in [-0.1, -0.05) is 48.0 Å². The van der Waals surface area contributed by atoms with Crippen molar-refractivity contribution in [3.63, 3.8) is 0 Å². The third-order valence-corrected chi connectivity index (χ3v) is 5.26. The average molecular weight is 368 g/mol. The largest absolute Gasteiger partial charge is 0.279 e. The topological polar surface area (TPSA) is 89.3 Å². The molecule has 7 heteroatoms. The van der Waals surface area contributed by atoms with Gasteiger partial charge in [0.2, 0.25) is 0 Å². The molecule has 0 bridgehead atoms. The average Bonchev–Trinajstić information content (AvgIpc) is 2.62. The minimum atomic E-state index is -3.81. The van der Waals surface area contributed by atoms with E-state index in [9.17, 15) is 18.5 Å². The van der Waals surface area contributed by atoms with E-state index in [0.29, 0.717) is 11.1 Å². The van der Waals surface area contributed by atoms with Gasteiger partial charge in [-0.05, 0) is 30.7 Å². The fourth-order valence-corrected chi connectivity index (χ4v) is 3.59. The number of hydrogen-bond acceptors (Lipinski definition) is 4. The summed E-state index contributed by atoms with van der Waals surface area (Å²) >= 11 is 0. The number of sulfonamides is 1. The van der Waals surface area contributed by atoms with E-state index in [2.05, 4.69) is 4.72 Å². The molecule has 3 aromatic carbocycles. The predicted molar refractivity (Wildman–Crippen MR) is 101 cm³/mol. The van der Waals surface area contributed by atoms with Crippen molar-refractivity contribution in [1.29, 1.82) is 0 Å². The van der Waals surface area contributed by atoms with E-state index in [1.54, 1.807) is 36.4 Å². The van der Waals surface area contributed by atoms with Crippen molar-refractivity contribution in [3.8, 4) is 11.1 Å². The second kappa shape index (κ2) is 6.97. The summed E-state index contributed by atoms with van der Waals surface area (Å²) < 4.78 is 27.9. The lowest BCUT2D eigenvalue weighted by Crippen LogP contribution is -2.13. The van der Waals surface area contributed by atoms with Crippen LogP contribution in [0.25, 0.3) is 11.1 Å². The van der Waals surface area contributed by atoms with E-state index >= 15 is 0 Å². The van der Waals surface area contributed by atoms with Crippen LogP contribution in [0.3, 0.4) is 0 Å². The molecule has 132 valence electrons. The Hall–Kier alpha value is -3.19. The summed E-state index contributed by atoms with van der Waals surface area (Å²) in [6.07, 6.45) is 0. The van der Waals surface area contributed by atoms with Crippen molar-refractivity contribution in [1.82, 2.24) is 0 Å². The fraction of sp³-hybridized carbons (Fsp3) is 0.0526. The molecule has 0 saturated heterocycles. The zero-order valence-corrected chi connectivity index (χ0v) is 14.7. The van der Waals surface area contributed by atoms with E-state index in [1.165, 1.54) is 30.3 Å². The number of nitro groups is 1. The molecule has 0 amide bonds. The molecular weight excluding hydrogens is 352 g/mol. The molecule has 3 aromatic rings. The van der Waals surface area contributed by atoms with E-state index in [0.717, 1.165) is 5.56 Å². The van der Waals surface area contributed by atoms with Gasteiger partial charge in [0.15, 0.2) is 0 Å². The highest BCUT2D eigenvalue weighted by molar-refractivity contribution is 7.92. The van der Waals surface area contributed by atoms with Gasteiger partial charge >= 0.3 is 0 Å². The second-order valence-electron chi connectivity index (χ2n) is 5.77. The van der Waals surface area contributed by atoms with Gasteiger partial charge < -0.3 is 0 Å². The number of nitro benzene ring substituents is 1. The van der Waals surface area contributed by atoms with E-state index in [4.69, 9.17) is 0 Å². The Kier molecular flexibility index (Phi) is 4.73. The zero-order chi connectivity index (χ0) is 18.7. The van der Waals surface area contributed by atoms with Crippen molar-refractivity contribution < 1.29 is 13.3 Å². The Bertz CT molecular complexity index is 1050. The van der Waals surface area contributed by atoms with Gasteiger partial charge in [-0.25, -0.2) is 8.42 Å². The van der Waals surface area contributed by atoms with Crippen LogP contribution in [0.5, 0.6) is 0 Å². The first-order chi connectivity index (χ1) is 12.4. The standard InChI is InChI=1S/C19H16N2O4S/c1-14-7-10-17(11-8-14)26(24,25)20-19-12-9-16(21(22)23)13-18(19)15-5-3-2-4-6-15/h2-13,20H,1H3. The first-order valence-corrected chi connectivity index (χ1v) is 9.28. The molecule has 26 heavy (non-hydrogen) atoms. The monoisotopic (exact) mass is 368 g/mol. The van der Waals surface area contributed by atoms with Crippen LogP contribution in [-0.2, 0) is 10.0 Å². The van der Waals surface area contributed by atoms with E-state index in [-0.39, 0.29) is 16.3 Å². The third kappa shape index (κ3) is 3.73. The highest BCUT2D eigenvalue weighted by atomic mass is 32.2. The Morgan fingerprint density at radius 3 is 2.19 bits per heavy atom. The lowest BCUT2D eigenvalue weighted by molar-refractivity contribution is -0.384. The summed E-state index contributed by atoms with van der Waals surface area (Å²) in [5, 5.41) is 11.1. The van der Waals surface area contributed by atoms with Crippen molar-refractivity contribution in [2.24, 2.45) is 0 Å². The third-order valence-electron chi connectivity index (χ3n) is 3.87. The molecule has 0 fully saturated rings. The minimum absolute atomic E-state index is 0.109. The Morgan fingerprint density at radius 1 is 0.923 bits per heavy atom. The molecule has 1 N–H and O–H groups in total. The number of non-ortho nitro benzene ring substituents is 1. The smallest absolute Gasteiger partial charge is 0.270 e. The van der Waals surface area contributed by atoms with Crippen molar-refractivity contribution in [3.05, 3.63) is 88.5 Å². The summed E-state index contributed by atoms with van der Waals surface area (Å²) in [6.45, 7) is 1.87. The maximum Gasteiger partial charge on any atom is 0.270 e. The molecule has 0 saturated carbocycles. The van der Waals surface area contributed by atoms with Crippen LogP contribution in [0.2, 0.25) is 0 Å². The number of anilines is 1. The zero-order valence-electron chi connectivity index (χ0n) is 13.9. The van der Waals surface area contributed by atoms with Crippen LogP contribution < -0.4 is 4.72 Å². The van der Waals surface area contributed by atoms with Crippen LogP contribution in [0.4, 0.5) is 11.4 Å². The van der Waals surface area contributed by atoms with Gasteiger partial charge in [0.05, 0.1) is 15.5 Å². The van der Waals surface area contributed by atoms with Crippen molar-refractivity contribution in [2.75, 3.05) is 4.72 Å². The Balaban J connectivity index is 2.07. The van der Waals surface area contributed by atoms with Crippen LogP contribution in [0.15, 0.2) is 77.7 Å². The molecule has 0 aliphatic carbocycles.